The van der Waals surface area contributed by atoms with Gasteiger partial charge in [-0.25, -0.2) is 0 Å². The molecule has 5 nitrogen and oxygen atoms in total. The summed E-state index contributed by atoms with van der Waals surface area (Å²) in [4.78, 5) is 11.9. The highest BCUT2D eigenvalue weighted by molar-refractivity contribution is 5.77. The van der Waals surface area contributed by atoms with Gasteiger partial charge >= 0.3 is 0 Å². The molecule has 1 unspecified atom stereocenters. The van der Waals surface area contributed by atoms with Gasteiger partial charge in [0.15, 0.2) is 16.9 Å². The number of hydrogen-bond acceptors (Lipinski definition) is 5. The number of hydrogen-bond donors (Lipinski definition) is 2. The van der Waals surface area contributed by atoms with Gasteiger partial charge in [-0.2, -0.15) is 0 Å². The molecule has 0 fully saturated rings. The minimum absolute atomic E-state index is 0.00814. The first-order chi connectivity index (χ1) is 10.9. The third-order valence-electron chi connectivity index (χ3n) is 3.96. The molecule has 0 aliphatic rings. The summed E-state index contributed by atoms with van der Waals surface area (Å²) in [5, 5.41) is 21.0. The zero-order valence-corrected chi connectivity index (χ0v) is 12.7. The van der Waals surface area contributed by atoms with Gasteiger partial charge in [-0.1, -0.05) is 12.1 Å². The van der Waals surface area contributed by atoms with E-state index < -0.39 is 5.60 Å². The molecule has 1 aromatic heterocycles. The third-order valence-corrected chi connectivity index (χ3v) is 3.96. The first-order valence-electron chi connectivity index (χ1n) is 7.05. The number of rotatable bonds is 3. The van der Waals surface area contributed by atoms with Crippen molar-refractivity contribution < 1.29 is 19.4 Å². The SMILES string of the molecule is COc1cc(C(C)(O)c2ccc3occc(=O)c3c2)ccc1O. The molecule has 0 aliphatic carbocycles. The molecule has 2 N–H and O–H groups in total. The first-order valence-corrected chi connectivity index (χ1v) is 7.05. The highest BCUT2D eigenvalue weighted by Crippen LogP contribution is 2.35. The van der Waals surface area contributed by atoms with Crippen molar-refractivity contribution in [1.29, 1.82) is 0 Å². The first kappa shape index (κ1) is 15.1. The number of ether oxygens (including phenoxy) is 1. The fraction of sp³-hybridized carbons (Fsp3) is 0.167. The summed E-state index contributed by atoms with van der Waals surface area (Å²) in [5.74, 6) is 0.259. The molecule has 0 radical (unpaired) electrons. The Kier molecular flexibility index (Phi) is 3.58. The summed E-state index contributed by atoms with van der Waals surface area (Å²) in [5.41, 5.74) is -0.00662. The summed E-state index contributed by atoms with van der Waals surface area (Å²) in [6.45, 7) is 1.62. The third kappa shape index (κ3) is 2.55. The molecule has 2 aromatic carbocycles. The van der Waals surface area contributed by atoms with Crippen molar-refractivity contribution in [3.63, 3.8) is 0 Å². The highest BCUT2D eigenvalue weighted by Gasteiger charge is 2.27. The van der Waals surface area contributed by atoms with Gasteiger partial charge in [0.05, 0.1) is 18.8 Å². The molecule has 1 atom stereocenters. The Balaban J connectivity index is 2.16. The lowest BCUT2D eigenvalue weighted by Crippen LogP contribution is -2.23. The van der Waals surface area contributed by atoms with Gasteiger partial charge < -0.3 is 19.4 Å². The lowest BCUT2D eigenvalue weighted by atomic mass is 9.87. The quantitative estimate of drug-likeness (QED) is 0.777. The summed E-state index contributed by atoms with van der Waals surface area (Å²) in [6, 6.07) is 10.9. The average molecular weight is 312 g/mol. The molecular weight excluding hydrogens is 296 g/mol. The van der Waals surface area contributed by atoms with Crippen LogP contribution in [0.4, 0.5) is 0 Å². The van der Waals surface area contributed by atoms with Gasteiger partial charge in [-0.05, 0) is 42.3 Å². The Morgan fingerprint density at radius 2 is 1.78 bits per heavy atom. The van der Waals surface area contributed by atoms with E-state index in [4.69, 9.17) is 9.15 Å². The zero-order valence-electron chi connectivity index (χ0n) is 12.7. The van der Waals surface area contributed by atoms with E-state index in [9.17, 15) is 15.0 Å². The van der Waals surface area contributed by atoms with Gasteiger partial charge in [-0.3, -0.25) is 4.79 Å². The van der Waals surface area contributed by atoms with Crippen molar-refractivity contribution in [3.05, 3.63) is 70.1 Å². The highest BCUT2D eigenvalue weighted by atomic mass is 16.5. The Morgan fingerprint density at radius 1 is 1.09 bits per heavy atom. The lowest BCUT2D eigenvalue weighted by molar-refractivity contribution is 0.102. The van der Waals surface area contributed by atoms with Crippen LogP contribution in [0.2, 0.25) is 0 Å². The summed E-state index contributed by atoms with van der Waals surface area (Å²) >= 11 is 0. The van der Waals surface area contributed by atoms with Crippen molar-refractivity contribution in [2.45, 2.75) is 12.5 Å². The summed E-state index contributed by atoms with van der Waals surface area (Å²) in [7, 11) is 1.44. The normalized spacial score (nSPS) is 13.7. The fourth-order valence-corrected chi connectivity index (χ4v) is 2.53. The lowest BCUT2D eigenvalue weighted by Gasteiger charge is -2.25. The van der Waals surface area contributed by atoms with E-state index in [1.807, 2.05) is 0 Å². The van der Waals surface area contributed by atoms with Gasteiger partial charge in [0.2, 0.25) is 0 Å². The predicted molar refractivity (Wildman–Crippen MR) is 85.8 cm³/mol. The van der Waals surface area contributed by atoms with E-state index in [1.165, 1.54) is 25.5 Å². The van der Waals surface area contributed by atoms with Crippen LogP contribution in [0.5, 0.6) is 11.5 Å². The van der Waals surface area contributed by atoms with E-state index >= 15 is 0 Å². The van der Waals surface area contributed by atoms with E-state index in [1.54, 1.807) is 37.3 Å². The number of phenols is 1. The topological polar surface area (TPSA) is 79.9 Å². The molecule has 23 heavy (non-hydrogen) atoms. The van der Waals surface area contributed by atoms with Crippen LogP contribution in [-0.2, 0) is 5.60 Å². The minimum atomic E-state index is -1.36. The molecule has 0 saturated heterocycles. The average Bonchev–Trinajstić information content (AvgIpc) is 2.55. The molecule has 3 rings (SSSR count). The Labute approximate surface area is 132 Å². The van der Waals surface area contributed by atoms with Crippen LogP contribution < -0.4 is 10.2 Å². The molecule has 0 spiro atoms. The van der Waals surface area contributed by atoms with Crippen LogP contribution in [0, 0.1) is 0 Å². The molecule has 0 bridgehead atoms. The number of fused-ring (bicyclic) bond motifs is 1. The minimum Gasteiger partial charge on any atom is -0.504 e. The van der Waals surface area contributed by atoms with Crippen molar-refractivity contribution in [1.82, 2.24) is 0 Å². The van der Waals surface area contributed by atoms with E-state index in [2.05, 4.69) is 0 Å². The molecule has 3 aromatic rings. The molecule has 0 saturated carbocycles. The maximum absolute atomic E-state index is 11.9. The largest absolute Gasteiger partial charge is 0.504 e. The number of phenolic OH excluding ortho intramolecular Hbond substituents is 1. The maximum atomic E-state index is 11.9. The monoisotopic (exact) mass is 312 g/mol. The van der Waals surface area contributed by atoms with Gasteiger partial charge in [0.1, 0.15) is 11.2 Å². The van der Waals surface area contributed by atoms with Gasteiger partial charge in [0, 0.05) is 6.07 Å². The maximum Gasteiger partial charge on any atom is 0.192 e. The van der Waals surface area contributed by atoms with Crippen LogP contribution in [-0.4, -0.2) is 17.3 Å². The van der Waals surface area contributed by atoms with Crippen molar-refractivity contribution in [2.24, 2.45) is 0 Å². The number of aliphatic hydroxyl groups is 1. The van der Waals surface area contributed by atoms with Crippen LogP contribution in [0.25, 0.3) is 11.0 Å². The molecule has 1 heterocycles. The fourth-order valence-electron chi connectivity index (χ4n) is 2.53. The number of benzene rings is 2. The summed E-state index contributed by atoms with van der Waals surface area (Å²) < 4.78 is 10.4. The number of methoxy groups -OCH3 is 1. The summed E-state index contributed by atoms with van der Waals surface area (Å²) in [6.07, 6.45) is 1.34. The van der Waals surface area contributed by atoms with E-state index in [0.29, 0.717) is 22.1 Å². The van der Waals surface area contributed by atoms with Crippen molar-refractivity contribution in [3.8, 4) is 11.5 Å². The smallest absolute Gasteiger partial charge is 0.192 e. The van der Waals surface area contributed by atoms with Gasteiger partial charge in [0.25, 0.3) is 0 Å². The van der Waals surface area contributed by atoms with Crippen LogP contribution in [0.1, 0.15) is 18.1 Å². The van der Waals surface area contributed by atoms with Gasteiger partial charge in [-0.15, -0.1) is 0 Å². The van der Waals surface area contributed by atoms with Crippen LogP contribution >= 0.6 is 0 Å². The molecule has 0 amide bonds. The second-order valence-corrected chi connectivity index (χ2v) is 5.45. The standard InChI is InChI=1S/C18H16O5/c1-18(21,12-3-5-15(20)17(10-12)22-2)11-4-6-16-13(9-11)14(19)7-8-23-16/h3-10,20-21H,1-2H3. The zero-order chi connectivity index (χ0) is 16.6. The van der Waals surface area contributed by atoms with Crippen molar-refractivity contribution in [2.75, 3.05) is 7.11 Å². The second-order valence-electron chi connectivity index (χ2n) is 5.45. The predicted octanol–water partition coefficient (Wildman–Crippen LogP) is 2.76. The second kappa shape index (κ2) is 5.44. The van der Waals surface area contributed by atoms with Crippen molar-refractivity contribution >= 4 is 11.0 Å². The molecule has 118 valence electrons. The molecule has 5 heteroatoms. The van der Waals surface area contributed by atoms with E-state index in [0.717, 1.165) is 0 Å². The molecular formula is C18H16O5. The Bertz CT molecular complexity index is 924. The molecule has 0 aliphatic heterocycles. The van der Waals surface area contributed by atoms with E-state index in [-0.39, 0.29) is 16.9 Å². The van der Waals surface area contributed by atoms with Crippen LogP contribution in [0.3, 0.4) is 0 Å². The number of aromatic hydroxyl groups is 1. The Morgan fingerprint density at radius 3 is 2.52 bits per heavy atom. The Hall–Kier alpha value is -2.79. The van der Waals surface area contributed by atoms with Crippen LogP contribution in [0.15, 0.2) is 57.9 Å².